The van der Waals surface area contributed by atoms with E-state index in [1.165, 1.54) is 11.1 Å². The van der Waals surface area contributed by atoms with Gasteiger partial charge in [0.15, 0.2) is 0 Å². The van der Waals surface area contributed by atoms with E-state index in [0.717, 1.165) is 30.3 Å². The maximum absolute atomic E-state index is 12.5. The van der Waals surface area contributed by atoms with Crippen LogP contribution in [0.4, 0.5) is 0 Å². The Morgan fingerprint density at radius 3 is 2.76 bits per heavy atom. The van der Waals surface area contributed by atoms with E-state index in [1.807, 2.05) is 18.2 Å². The second-order valence-corrected chi connectivity index (χ2v) is 7.11. The molecule has 1 fully saturated rings. The zero-order chi connectivity index (χ0) is 14.7. The van der Waals surface area contributed by atoms with E-state index < -0.39 is 0 Å². The van der Waals surface area contributed by atoms with Crippen molar-refractivity contribution in [1.82, 2.24) is 4.90 Å². The van der Waals surface area contributed by atoms with Crippen molar-refractivity contribution in [2.24, 2.45) is 0 Å². The highest BCUT2D eigenvalue weighted by Crippen LogP contribution is 2.30. The van der Waals surface area contributed by atoms with E-state index in [4.69, 9.17) is 0 Å². The van der Waals surface area contributed by atoms with Gasteiger partial charge in [-0.3, -0.25) is 4.79 Å². The van der Waals surface area contributed by atoms with Gasteiger partial charge in [0.25, 0.3) is 0 Å². The molecule has 3 rings (SSSR count). The van der Waals surface area contributed by atoms with Gasteiger partial charge in [0.2, 0.25) is 5.91 Å². The Labute approximate surface area is 137 Å². The lowest BCUT2D eigenvalue weighted by Gasteiger charge is -2.22. The van der Waals surface area contributed by atoms with Crippen molar-refractivity contribution < 1.29 is 4.79 Å². The number of hydrogen-bond acceptors (Lipinski definition) is 2. The summed E-state index contributed by atoms with van der Waals surface area (Å²) in [6, 6.07) is 10.7. The van der Waals surface area contributed by atoms with Crippen molar-refractivity contribution >= 4 is 33.2 Å². The van der Waals surface area contributed by atoms with E-state index in [1.54, 1.807) is 11.3 Å². The summed E-state index contributed by atoms with van der Waals surface area (Å²) in [5.74, 6) is 0.277. The van der Waals surface area contributed by atoms with Gasteiger partial charge in [0, 0.05) is 23.5 Å². The van der Waals surface area contributed by atoms with Crippen LogP contribution in [0.25, 0.3) is 0 Å². The minimum atomic E-state index is 0.277. The zero-order valence-electron chi connectivity index (χ0n) is 11.8. The second kappa shape index (κ2) is 6.75. The molecule has 4 heteroatoms. The van der Waals surface area contributed by atoms with Gasteiger partial charge < -0.3 is 4.90 Å². The maximum Gasteiger partial charge on any atom is 0.223 e. The number of carbonyl (C=O) groups is 1. The molecule has 1 heterocycles. The Balaban J connectivity index is 1.61. The van der Waals surface area contributed by atoms with Gasteiger partial charge >= 0.3 is 0 Å². The molecule has 0 atom stereocenters. The largest absolute Gasteiger partial charge is 0.335 e. The first-order valence-corrected chi connectivity index (χ1v) is 9.01. The van der Waals surface area contributed by atoms with Gasteiger partial charge in [-0.05, 0) is 53.3 Å². The van der Waals surface area contributed by atoms with Gasteiger partial charge in [-0.15, -0.1) is 0 Å². The van der Waals surface area contributed by atoms with Crippen LogP contribution in [-0.2, 0) is 17.8 Å². The van der Waals surface area contributed by atoms with Crippen LogP contribution >= 0.6 is 27.3 Å². The highest BCUT2D eigenvalue weighted by molar-refractivity contribution is 9.10. The molecule has 0 N–H and O–H groups in total. The number of rotatable bonds is 6. The molecule has 1 aliphatic carbocycles. The monoisotopic (exact) mass is 363 g/mol. The van der Waals surface area contributed by atoms with Crippen LogP contribution in [0.3, 0.4) is 0 Å². The number of aryl methyl sites for hydroxylation is 1. The van der Waals surface area contributed by atoms with Crippen LogP contribution in [0.1, 0.15) is 30.4 Å². The fourth-order valence-electron chi connectivity index (χ4n) is 2.47. The van der Waals surface area contributed by atoms with Crippen LogP contribution in [0, 0.1) is 0 Å². The molecule has 1 aromatic heterocycles. The highest BCUT2D eigenvalue weighted by atomic mass is 79.9. The summed E-state index contributed by atoms with van der Waals surface area (Å²) in [7, 11) is 0. The molecule has 1 saturated carbocycles. The molecule has 0 saturated heterocycles. The van der Waals surface area contributed by atoms with Gasteiger partial charge in [-0.1, -0.05) is 34.1 Å². The van der Waals surface area contributed by atoms with Crippen molar-refractivity contribution in [2.75, 3.05) is 0 Å². The van der Waals surface area contributed by atoms with Crippen LogP contribution in [0.15, 0.2) is 45.6 Å². The van der Waals surface area contributed by atoms with Crippen LogP contribution in [0.2, 0.25) is 0 Å². The number of benzene rings is 1. The summed E-state index contributed by atoms with van der Waals surface area (Å²) in [6.07, 6.45) is 3.70. The summed E-state index contributed by atoms with van der Waals surface area (Å²) in [5, 5.41) is 4.21. The summed E-state index contributed by atoms with van der Waals surface area (Å²) in [6.45, 7) is 0.767. The Bertz CT molecular complexity index is 607. The SMILES string of the molecule is O=C(CCc1ccccc1Br)N(Cc1ccsc1)C1CC1. The van der Waals surface area contributed by atoms with Crippen molar-refractivity contribution in [3.05, 3.63) is 56.7 Å². The Morgan fingerprint density at radius 2 is 2.10 bits per heavy atom. The summed E-state index contributed by atoms with van der Waals surface area (Å²) in [5.41, 5.74) is 2.46. The minimum Gasteiger partial charge on any atom is -0.335 e. The molecule has 21 heavy (non-hydrogen) atoms. The average molecular weight is 364 g/mol. The van der Waals surface area contributed by atoms with Crippen LogP contribution in [0.5, 0.6) is 0 Å². The van der Waals surface area contributed by atoms with Gasteiger partial charge in [-0.25, -0.2) is 0 Å². The van der Waals surface area contributed by atoms with Crippen LogP contribution < -0.4 is 0 Å². The summed E-state index contributed by atoms with van der Waals surface area (Å²) in [4.78, 5) is 14.6. The van der Waals surface area contributed by atoms with Crippen molar-refractivity contribution in [1.29, 1.82) is 0 Å². The molecular formula is C17H18BrNOS. The smallest absolute Gasteiger partial charge is 0.223 e. The van der Waals surface area contributed by atoms with E-state index in [9.17, 15) is 4.79 Å². The Kier molecular flexibility index (Phi) is 4.76. The van der Waals surface area contributed by atoms with Gasteiger partial charge in [0.1, 0.15) is 0 Å². The molecule has 0 aliphatic heterocycles. The molecule has 0 unspecified atom stereocenters. The van der Waals surface area contributed by atoms with E-state index in [0.29, 0.717) is 12.5 Å². The second-order valence-electron chi connectivity index (χ2n) is 5.48. The first kappa shape index (κ1) is 14.8. The number of carbonyl (C=O) groups excluding carboxylic acids is 1. The quantitative estimate of drug-likeness (QED) is 0.732. The van der Waals surface area contributed by atoms with E-state index >= 15 is 0 Å². The molecule has 1 amide bonds. The number of thiophene rings is 1. The third-order valence-corrected chi connectivity index (χ3v) is 5.31. The molecular weight excluding hydrogens is 346 g/mol. The number of nitrogens with zero attached hydrogens (tertiary/aromatic N) is 1. The molecule has 0 bridgehead atoms. The zero-order valence-corrected chi connectivity index (χ0v) is 14.2. The molecule has 1 aromatic carbocycles. The summed E-state index contributed by atoms with van der Waals surface area (Å²) < 4.78 is 1.09. The fourth-order valence-corrected chi connectivity index (χ4v) is 3.62. The molecule has 0 radical (unpaired) electrons. The number of amides is 1. The van der Waals surface area contributed by atoms with Gasteiger partial charge in [0.05, 0.1) is 0 Å². The Morgan fingerprint density at radius 1 is 1.29 bits per heavy atom. The number of halogens is 1. The van der Waals surface area contributed by atoms with Gasteiger partial charge in [-0.2, -0.15) is 11.3 Å². The third-order valence-electron chi connectivity index (χ3n) is 3.81. The predicted molar refractivity (Wildman–Crippen MR) is 90.4 cm³/mol. The highest BCUT2D eigenvalue weighted by Gasteiger charge is 2.32. The van der Waals surface area contributed by atoms with Crippen molar-refractivity contribution in [3.63, 3.8) is 0 Å². The lowest BCUT2D eigenvalue weighted by molar-refractivity contribution is -0.132. The predicted octanol–water partition coefficient (Wildman–Crippen LogP) is 4.63. The van der Waals surface area contributed by atoms with Crippen molar-refractivity contribution in [2.45, 2.75) is 38.3 Å². The normalized spacial score (nSPS) is 14.1. The van der Waals surface area contributed by atoms with E-state index in [-0.39, 0.29) is 5.91 Å². The average Bonchev–Trinajstić information content (AvgIpc) is 3.20. The molecule has 2 nitrogen and oxygen atoms in total. The molecule has 0 spiro atoms. The molecule has 2 aromatic rings. The van der Waals surface area contributed by atoms with Crippen molar-refractivity contribution in [3.8, 4) is 0 Å². The fraction of sp³-hybridized carbons (Fsp3) is 0.353. The molecule has 1 aliphatic rings. The summed E-state index contributed by atoms with van der Waals surface area (Å²) >= 11 is 5.24. The maximum atomic E-state index is 12.5. The minimum absolute atomic E-state index is 0.277. The number of hydrogen-bond donors (Lipinski definition) is 0. The van der Waals surface area contributed by atoms with Crippen LogP contribution in [-0.4, -0.2) is 16.8 Å². The standard InChI is InChI=1S/C17H18BrNOS/c18-16-4-2-1-3-14(16)5-8-17(20)19(15-6-7-15)11-13-9-10-21-12-13/h1-4,9-10,12,15H,5-8,11H2. The third kappa shape index (κ3) is 3.95. The lowest BCUT2D eigenvalue weighted by Crippen LogP contribution is -2.32. The first-order chi connectivity index (χ1) is 10.2. The topological polar surface area (TPSA) is 20.3 Å². The van der Waals surface area contributed by atoms with E-state index in [2.05, 4.69) is 43.7 Å². The molecule has 110 valence electrons. The first-order valence-electron chi connectivity index (χ1n) is 7.28. The lowest BCUT2D eigenvalue weighted by atomic mass is 10.1. The Hall–Kier alpha value is -1.13.